The third-order valence-corrected chi connectivity index (χ3v) is 5.87. The quantitative estimate of drug-likeness (QED) is 0.846. The zero-order valence-corrected chi connectivity index (χ0v) is 14.7. The van der Waals surface area contributed by atoms with Crippen LogP contribution in [0.1, 0.15) is 26.7 Å². The van der Waals surface area contributed by atoms with E-state index in [-0.39, 0.29) is 43.8 Å². The SMILES string of the molecule is CCCC(C)C(=O)Nc1ccc(F)c(S(=O)(=O)N2CCOCC2)c1. The van der Waals surface area contributed by atoms with Crippen LogP contribution in [0, 0.1) is 11.7 Å². The smallest absolute Gasteiger partial charge is 0.246 e. The number of anilines is 1. The Kier molecular flexibility index (Phi) is 6.31. The van der Waals surface area contributed by atoms with Crippen molar-refractivity contribution in [2.75, 3.05) is 31.6 Å². The minimum atomic E-state index is -3.95. The lowest BCUT2D eigenvalue weighted by Crippen LogP contribution is -2.40. The van der Waals surface area contributed by atoms with Gasteiger partial charge in [-0.05, 0) is 24.6 Å². The van der Waals surface area contributed by atoms with Crippen molar-refractivity contribution >= 4 is 21.6 Å². The monoisotopic (exact) mass is 358 g/mol. The fourth-order valence-corrected chi connectivity index (χ4v) is 4.03. The number of nitrogens with one attached hydrogen (secondary N) is 1. The van der Waals surface area contributed by atoms with Gasteiger partial charge < -0.3 is 10.1 Å². The summed E-state index contributed by atoms with van der Waals surface area (Å²) in [5.41, 5.74) is 0.274. The standard InChI is InChI=1S/C16H23FN2O4S/c1-3-4-12(2)16(20)18-13-5-6-14(17)15(11-13)24(21,22)19-7-9-23-10-8-19/h5-6,11-12H,3-4,7-10H2,1-2H3,(H,18,20). The number of carbonyl (C=O) groups excluding carboxylic acids is 1. The van der Waals surface area contributed by atoms with Crippen molar-refractivity contribution in [3.8, 4) is 0 Å². The maximum atomic E-state index is 14.1. The Hall–Kier alpha value is -1.51. The second-order valence-electron chi connectivity index (χ2n) is 5.84. The number of amides is 1. The van der Waals surface area contributed by atoms with Crippen LogP contribution in [-0.2, 0) is 19.6 Å². The predicted octanol–water partition coefficient (Wildman–Crippen LogP) is 2.22. The molecule has 1 saturated heterocycles. The molecule has 1 aliphatic heterocycles. The first-order chi connectivity index (χ1) is 11.4. The number of carbonyl (C=O) groups is 1. The highest BCUT2D eigenvalue weighted by Gasteiger charge is 2.29. The first-order valence-corrected chi connectivity index (χ1v) is 9.48. The van der Waals surface area contributed by atoms with Gasteiger partial charge in [0.1, 0.15) is 10.7 Å². The number of hydrogen-bond donors (Lipinski definition) is 1. The topological polar surface area (TPSA) is 75.7 Å². The summed E-state index contributed by atoms with van der Waals surface area (Å²) in [7, 11) is -3.95. The molecule has 1 aromatic carbocycles. The van der Waals surface area contributed by atoms with Crippen LogP contribution in [0.3, 0.4) is 0 Å². The largest absolute Gasteiger partial charge is 0.379 e. The van der Waals surface area contributed by atoms with Crippen LogP contribution in [-0.4, -0.2) is 44.9 Å². The molecule has 0 aromatic heterocycles. The third kappa shape index (κ3) is 4.31. The second kappa shape index (κ2) is 8.04. The van der Waals surface area contributed by atoms with Crippen LogP contribution in [0.25, 0.3) is 0 Å². The molecule has 0 saturated carbocycles. The number of benzene rings is 1. The van der Waals surface area contributed by atoms with Gasteiger partial charge in [0.15, 0.2) is 0 Å². The van der Waals surface area contributed by atoms with Gasteiger partial charge in [0.05, 0.1) is 13.2 Å². The third-order valence-electron chi connectivity index (χ3n) is 3.96. The fraction of sp³-hybridized carbons (Fsp3) is 0.562. The Morgan fingerprint density at radius 3 is 2.67 bits per heavy atom. The maximum absolute atomic E-state index is 14.1. The van der Waals surface area contributed by atoms with Gasteiger partial charge >= 0.3 is 0 Å². The van der Waals surface area contributed by atoms with Crippen LogP contribution in [0.4, 0.5) is 10.1 Å². The molecule has 1 fully saturated rings. The van der Waals surface area contributed by atoms with Gasteiger partial charge in [-0.15, -0.1) is 0 Å². The molecule has 1 unspecified atom stereocenters. The lowest BCUT2D eigenvalue weighted by Gasteiger charge is -2.26. The molecule has 2 rings (SSSR count). The van der Waals surface area contributed by atoms with Crippen molar-refractivity contribution in [3.63, 3.8) is 0 Å². The van der Waals surface area contributed by atoms with Gasteiger partial charge in [-0.25, -0.2) is 12.8 Å². The average molecular weight is 358 g/mol. The lowest BCUT2D eigenvalue weighted by molar-refractivity contribution is -0.119. The molecule has 1 aliphatic rings. The van der Waals surface area contributed by atoms with Gasteiger partial charge in [-0.2, -0.15) is 4.31 Å². The maximum Gasteiger partial charge on any atom is 0.246 e. The van der Waals surface area contributed by atoms with Crippen molar-refractivity contribution in [2.24, 2.45) is 5.92 Å². The number of nitrogens with zero attached hydrogens (tertiary/aromatic N) is 1. The zero-order chi connectivity index (χ0) is 17.7. The number of morpholine rings is 1. The van der Waals surface area contributed by atoms with E-state index < -0.39 is 20.7 Å². The van der Waals surface area contributed by atoms with E-state index in [0.29, 0.717) is 0 Å². The van der Waals surface area contributed by atoms with Crippen LogP contribution in [0.5, 0.6) is 0 Å². The highest BCUT2D eigenvalue weighted by molar-refractivity contribution is 7.89. The Labute approximate surface area is 142 Å². The fourth-order valence-electron chi connectivity index (χ4n) is 2.53. The van der Waals surface area contributed by atoms with Gasteiger partial charge in [0.25, 0.3) is 0 Å². The molecule has 6 nitrogen and oxygen atoms in total. The molecule has 1 amide bonds. The Morgan fingerprint density at radius 1 is 1.38 bits per heavy atom. The van der Waals surface area contributed by atoms with Crippen molar-refractivity contribution in [1.29, 1.82) is 0 Å². The van der Waals surface area contributed by atoms with Gasteiger partial charge in [0.2, 0.25) is 15.9 Å². The van der Waals surface area contributed by atoms with Crippen LogP contribution < -0.4 is 5.32 Å². The minimum absolute atomic E-state index is 0.186. The van der Waals surface area contributed by atoms with E-state index in [1.165, 1.54) is 16.4 Å². The Balaban J connectivity index is 2.23. The van der Waals surface area contributed by atoms with Crippen LogP contribution in [0.15, 0.2) is 23.1 Å². The number of halogens is 1. The molecule has 1 N–H and O–H groups in total. The first-order valence-electron chi connectivity index (χ1n) is 8.04. The van der Waals surface area contributed by atoms with E-state index in [2.05, 4.69) is 5.32 Å². The van der Waals surface area contributed by atoms with E-state index in [0.717, 1.165) is 18.9 Å². The number of hydrogen-bond acceptors (Lipinski definition) is 4. The average Bonchev–Trinajstić information content (AvgIpc) is 2.57. The molecular weight excluding hydrogens is 335 g/mol. The first kappa shape index (κ1) is 18.8. The molecule has 8 heteroatoms. The summed E-state index contributed by atoms with van der Waals surface area (Å²) in [4.78, 5) is 11.6. The number of ether oxygens (including phenoxy) is 1. The summed E-state index contributed by atoms with van der Waals surface area (Å²) in [5.74, 6) is -1.24. The summed E-state index contributed by atoms with van der Waals surface area (Å²) in [6.45, 7) is 4.72. The number of rotatable bonds is 6. The van der Waals surface area contributed by atoms with Crippen molar-refractivity contribution in [1.82, 2.24) is 4.31 Å². The molecular formula is C16H23FN2O4S. The highest BCUT2D eigenvalue weighted by Crippen LogP contribution is 2.24. The molecule has 1 atom stereocenters. The van der Waals surface area contributed by atoms with Crippen LogP contribution in [0.2, 0.25) is 0 Å². The summed E-state index contributed by atoms with van der Waals surface area (Å²) in [6.07, 6.45) is 1.60. The molecule has 1 heterocycles. The molecule has 134 valence electrons. The molecule has 1 aromatic rings. The van der Waals surface area contributed by atoms with Gasteiger partial charge in [-0.1, -0.05) is 20.3 Å². The molecule has 24 heavy (non-hydrogen) atoms. The second-order valence-corrected chi connectivity index (χ2v) is 7.75. The summed E-state index contributed by atoms with van der Waals surface area (Å²) < 4.78 is 45.6. The highest BCUT2D eigenvalue weighted by atomic mass is 32.2. The van der Waals surface area contributed by atoms with Gasteiger partial charge in [-0.3, -0.25) is 4.79 Å². The Morgan fingerprint density at radius 2 is 2.04 bits per heavy atom. The van der Waals surface area contributed by atoms with E-state index in [4.69, 9.17) is 4.74 Å². The van der Waals surface area contributed by atoms with Gasteiger partial charge in [0, 0.05) is 24.7 Å². The molecule has 0 bridgehead atoms. The molecule has 0 aliphatic carbocycles. The van der Waals surface area contributed by atoms with E-state index in [1.54, 1.807) is 6.92 Å². The zero-order valence-electron chi connectivity index (χ0n) is 13.9. The number of sulfonamides is 1. The predicted molar refractivity (Wildman–Crippen MR) is 88.7 cm³/mol. The summed E-state index contributed by atoms with van der Waals surface area (Å²) in [5, 5.41) is 2.66. The van der Waals surface area contributed by atoms with Crippen molar-refractivity contribution in [2.45, 2.75) is 31.6 Å². The van der Waals surface area contributed by atoms with E-state index in [1.807, 2.05) is 6.92 Å². The summed E-state index contributed by atoms with van der Waals surface area (Å²) in [6, 6.07) is 3.61. The van der Waals surface area contributed by atoms with Crippen molar-refractivity contribution in [3.05, 3.63) is 24.0 Å². The normalized spacial score (nSPS) is 17.5. The molecule has 0 spiro atoms. The van der Waals surface area contributed by atoms with E-state index in [9.17, 15) is 17.6 Å². The Bertz CT molecular complexity index is 687. The summed E-state index contributed by atoms with van der Waals surface area (Å²) >= 11 is 0. The molecule has 0 radical (unpaired) electrons. The lowest BCUT2D eigenvalue weighted by atomic mass is 10.1. The van der Waals surface area contributed by atoms with Crippen LogP contribution >= 0.6 is 0 Å². The van der Waals surface area contributed by atoms with E-state index >= 15 is 0 Å². The minimum Gasteiger partial charge on any atom is -0.379 e. The van der Waals surface area contributed by atoms with Crippen molar-refractivity contribution < 1.29 is 22.3 Å².